The Hall–Kier alpha value is -1.50. The largest absolute Gasteiger partial charge is 0.433 e. The smallest absolute Gasteiger partial charge is 0.252 e. The molecule has 14 heavy (non-hydrogen) atoms. The monoisotopic (exact) mass is 198 g/mol. The zero-order valence-corrected chi connectivity index (χ0v) is 7.23. The fourth-order valence-corrected chi connectivity index (χ4v) is 0.904. The summed E-state index contributed by atoms with van der Waals surface area (Å²) in [7, 11) is 0. The van der Waals surface area contributed by atoms with Gasteiger partial charge in [0.2, 0.25) is 0 Å². The summed E-state index contributed by atoms with van der Waals surface area (Å²) in [5, 5.41) is 0. The summed E-state index contributed by atoms with van der Waals surface area (Å²) in [5.74, 6) is 4.96. The first kappa shape index (κ1) is 10.6. The van der Waals surface area contributed by atoms with Crippen molar-refractivity contribution >= 4 is 0 Å². The van der Waals surface area contributed by atoms with Crippen LogP contribution in [0.25, 0.3) is 0 Å². The molecule has 0 saturated heterocycles. The lowest BCUT2D eigenvalue weighted by molar-refractivity contribution is -0.141. The Morgan fingerprint density at radius 2 is 2.14 bits per heavy atom. The van der Waals surface area contributed by atoms with Gasteiger partial charge in [-0.1, -0.05) is 5.92 Å². The topological polar surface area (TPSA) is 12.9 Å². The van der Waals surface area contributed by atoms with Crippen molar-refractivity contribution in [2.24, 2.45) is 0 Å². The van der Waals surface area contributed by atoms with Crippen LogP contribution in [-0.2, 0) is 12.6 Å². The average molecular weight is 198 g/mol. The van der Waals surface area contributed by atoms with E-state index in [0.717, 1.165) is 12.3 Å². The van der Waals surface area contributed by atoms with E-state index in [4.69, 9.17) is 0 Å². The van der Waals surface area contributed by atoms with Gasteiger partial charge in [0.05, 0.1) is 0 Å². The molecule has 1 aromatic rings. The van der Waals surface area contributed by atoms with Crippen LogP contribution in [0, 0.1) is 18.8 Å². The maximum absolute atomic E-state index is 12.2. The van der Waals surface area contributed by atoms with Gasteiger partial charge in [-0.3, -0.25) is 4.98 Å². The Bertz CT molecular complexity index is 371. The van der Waals surface area contributed by atoms with E-state index < -0.39 is 11.9 Å². The maximum atomic E-state index is 12.2. The van der Waals surface area contributed by atoms with Crippen LogP contribution < -0.4 is 0 Å². The second-order valence-electron chi connectivity index (χ2n) is 2.58. The predicted octanol–water partition coefficient (Wildman–Crippen LogP) is 2.48. The summed E-state index contributed by atoms with van der Waals surface area (Å²) in [6.45, 7) is 3.27. The van der Waals surface area contributed by atoms with Crippen LogP contribution in [-0.4, -0.2) is 4.98 Å². The van der Waals surface area contributed by atoms with E-state index in [0.29, 0.717) is 5.56 Å². The van der Waals surface area contributed by atoms with Gasteiger partial charge in [-0.15, -0.1) is 5.92 Å². The standard InChI is InChI=1S/C10H7F3N/c1-2-3-4-8-5-6-14-9(7-8)10(11,12)13/h5-7H,1,4H2. The Morgan fingerprint density at radius 1 is 1.43 bits per heavy atom. The summed E-state index contributed by atoms with van der Waals surface area (Å²) in [4.78, 5) is 3.23. The van der Waals surface area contributed by atoms with Crippen molar-refractivity contribution in [1.82, 2.24) is 4.98 Å². The SMILES string of the molecule is [CH2]C#CCc1ccnc(C(F)(F)F)c1. The molecule has 1 aromatic heterocycles. The summed E-state index contributed by atoms with van der Waals surface area (Å²) < 4.78 is 36.5. The van der Waals surface area contributed by atoms with Crippen LogP contribution in [0.3, 0.4) is 0 Å². The van der Waals surface area contributed by atoms with Crippen LogP contribution >= 0.6 is 0 Å². The third kappa shape index (κ3) is 2.77. The predicted molar refractivity (Wildman–Crippen MR) is 46.1 cm³/mol. The molecule has 0 N–H and O–H groups in total. The molecule has 0 bridgehead atoms. The molecule has 0 saturated carbocycles. The zero-order chi connectivity index (χ0) is 10.6. The van der Waals surface area contributed by atoms with Crippen molar-refractivity contribution in [3.8, 4) is 11.8 Å². The van der Waals surface area contributed by atoms with Crippen LogP contribution in [0.5, 0.6) is 0 Å². The fraction of sp³-hybridized carbons (Fsp3) is 0.200. The summed E-state index contributed by atoms with van der Waals surface area (Å²) in [6.07, 6.45) is -3.01. The molecule has 0 aromatic carbocycles. The minimum atomic E-state index is -4.39. The van der Waals surface area contributed by atoms with Gasteiger partial charge in [0.15, 0.2) is 0 Å². The Morgan fingerprint density at radius 3 is 2.71 bits per heavy atom. The van der Waals surface area contributed by atoms with Crippen LogP contribution in [0.4, 0.5) is 13.2 Å². The zero-order valence-electron chi connectivity index (χ0n) is 7.23. The lowest BCUT2D eigenvalue weighted by Gasteiger charge is -2.05. The number of halogens is 3. The van der Waals surface area contributed by atoms with Crippen LogP contribution in [0.1, 0.15) is 11.3 Å². The minimum Gasteiger partial charge on any atom is -0.252 e. The summed E-state index contributed by atoms with van der Waals surface area (Å²) >= 11 is 0. The average Bonchev–Trinajstić information content (AvgIpc) is 2.14. The fourth-order valence-electron chi connectivity index (χ4n) is 0.904. The highest BCUT2D eigenvalue weighted by molar-refractivity contribution is 5.23. The minimum absolute atomic E-state index is 0.259. The summed E-state index contributed by atoms with van der Waals surface area (Å²) in [6, 6.07) is 2.49. The molecule has 1 heterocycles. The first-order valence-electron chi connectivity index (χ1n) is 3.81. The van der Waals surface area contributed by atoms with Crippen molar-refractivity contribution < 1.29 is 13.2 Å². The van der Waals surface area contributed by atoms with Gasteiger partial charge in [0, 0.05) is 19.5 Å². The van der Waals surface area contributed by atoms with Gasteiger partial charge >= 0.3 is 6.18 Å². The molecule has 1 radical (unpaired) electrons. The van der Waals surface area contributed by atoms with E-state index in [1.165, 1.54) is 6.07 Å². The van der Waals surface area contributed by atoms with Crippen molar-refractivity contribution in [3.63, 3.8) is 0 Å². The van der Waals surface area contributed by atoms with E-state index in [1.807, 2.05) is 0 Å². The lowest BCUT2D eigenvalue weighted by atomic mass is 10.1. The van der Waals surface area contributed by atoms with E-state index in [-0.39, 0.29) is 6.42 Å². The number of nitrogens with zero attached hydrogens (tertiary/aromatic N) is 1. The molecule has 0 fully saturated rings. The number of pyridine rings is 1. The van der Waals surface area contributed by atoms with Gasteiger partial charge < -0.3 is 0 Å². The molecule has 0 aliphatic rings. The number of alkyl halides is 3. The Labute approximate surface area is 80.0 Å². The Kier molecular flexibility index (Phi) is 3.13. The molecule has 1 nitrogen and oxygen atoms in total. The Balaban J connectivity index is 2.93. The molecule has 0 amide bonds. The van der Waals surface area contributed by atoms with Crippen LogP contribution in [0.2, 0.25) is 0 Å². The molecule has 0 aliphatic heterocycles. The quantitative estimate of drug-likeness (QED) is 0.632. The van der Waals surface area contributed by atoms with Gasteiger partial charge in [-0.25, -0.2) is 0 Å². The second-order valence-corrected chi connectivity index (χ2v) is 2.58. The van der Waals surface area contributed by atoms with E-state index in [9.17, 15) is 13.2 Å². The summed E-state index contributed by atoms with van der Waals surface area (Å²) in [5.41, 5.74) is -0.399. The first-order chi connectivity index (χ1) is 6.54. The van der Waals surface area contributed by atoms with Crippen molar-refractivity contribution in [2.45, 2.75) is 12.6 Å². The van der Waals surface area contributed by atoms with E-state index >= 15 is 0 Å². The molecule has 0 atom stereocenters. The lowest BCUT2D eigenvalue weighted by Crippen LogP contribution is -2.08. The molecule has 1 rings (SSSR count). The third-order valence-electron chi connectivity index (χ3n) is 1.53. The van der Waals surface area contributed by atoms with Crippen molar-refractivity contribution in [1.29, 1.82) is 0 Å². The second kappa shape index (κ2) is 4.14. The molecular weight excluding hydrogens is 191 g/mol. The highest BCUT2D eigenvalue weighted by atomic mass is 19.4. The number of hydrogen-bond acceptors (Lipinski definition) is 1. The molecule has 0 unspecified atom stereocenters. The third-order valence-corrected chi connectivity index (χ3v) is 1.53. The maximum Gasteiger partial charge on any atom is 0.433 e. The highest BCUT2D eigenvalue weighted by Gasteiger charge is 2.32. The van der Waals surface area contributed by atoms with Crippen molar-refractivity contribution in [3.05, 3.63) is 36.5 Å². The first-order valence-corrected chi connectivity index (χ1v) is 3.81. The normalized spacial score (nSPS) is 10.6. The molecule has 4 heteroatoms. The van der Waals surface area contributed by atoms with Gasteiger partial charge in [0.1, 0.15) is 5.69 Å². The molecule has 73 valence electrons. The van der Waals surface area contributed by atoms with Crippen LogP contribution in [0.15, 0.2) is 18.3 Å². The number of aromatic nitrogens is 1. The van der Waals surface area contributed by atoms with Gasteiger partial charge in [-0.2, -0.15) is 13.2 Å². The van der Waals surface area contributed by atoms with E-state index in [1.54, 1.807) is 0 Å². The van der Waals surface area contributed by atoms with Gasteiger partial charge in [0.25, 0.3) is 0 Å². The molecule has 0 aliphatic carbocycles. The molecular formula is C10H7F3N. The number of hydrogen-bond donors (Lipinski definition) is 0. The highest BCUT2D eigenvalue weighted by Crippen LogP contribution is 2.27. The number of rotatable bonds is 1. The van der Waals surface area contributed by atoms with Crippen molar-refractivity contribution in [2.75, 3.05) is 0 Å². The van der Waals surface area contributed by atoms with E-state index in [2.05, 4.69) is 23.7 Å². The van der Waals surface area contributed by atoms with Gasteiger partial charge in [-0.05, 0) is 17.7 Å². The molecule has 0 spiro atoms.